The third-order valence-electron chi connectivity index (χ3n) is 2.33. The third kappa shape index (κ3) is 5.50. The van der Waals surface area contributed by atoms with Gasteiger partial charge in [0.2, 0.25) is 0 Å². The van der Waals surface area contributed by atoms with E-state index in [1.54, 1.807) is 18.2 Å². The maximum absolute atomic E-state index is 11.9. The number of alkyl halides is 3. The molecule has 0 heterocycles. The molecule has 0 aliphatic carbocycles. The number of halogens is 4. The van der Waals surface area contributed by atoms with Gasteiger partial charge < -0.3 is 10.1 Å². The van der Waals surface area contributed by atoms with Crippen LogP contribution in [0.1, 0.15) is 23.2 Å². The number of hydrogen-bond donors (Lipinski definition) is 1. The number of methoxy groups -OCH3 is 1. The van der Waals surface area contributed by atoms with E-state index in [9.17, 15) is 18.0 Å². The van der Waals surface area contributed by atoms with Crippen LogP contribution < -0.4 is 10.1 Å². The Hall–Kier alpha value is -1.24. The van der Waals surface area contributed by atoms with E-state index >= 15 is 0 Å². The summed E-state index contributed by atoms with van der Waals surface area (Å²) in [4.78, 5) is 11.8. The fourth-order valence-electron chi connectivity index (χ4n) is 1.44. The molecule has 0 unspecified atom stereocenters. The Morgan fingerprint density at radius 2 is 2.11 bits per heavy atom. The highest BCUT2D eigenvalue weighted by Crippen LogP contribution is 2.23. The lowest BCUT2D eigenvalue weighted by Gasteiger charge is -2.10. The molecule has 0 aromatic heterocycles. The lowest BCUT2D eigenvalue weighted by Crippen LogP contribution is -2.26. The van der Waals surface area contributed by atoms with Gasteiger partial charge in [-0.05, 0) is 24.6 Å². The van der Waals surface area contributed by atoms with Crippen molar-refractivity contribution < 1.29 is 22.7 Å². The molecule has 3 nitrogen and oxygen atoms in total. The summed E-state index contributed by atoms with van der Waals surface area (Å²) in [5.41, 5.74) is 0.290. The van der Waals surface area contributed by atoms with Crippen molar-refractivity contribution in [1.82, 2.24) is 5.32 Å². The van der Waals surface area contributed by atoms with Crippen molar-refractivity contribution in [2.75, 3.05) is 13.7 Å². The average molecular weight is 340 g/mol. The zero-order valence-corrected chi connectivity index (χ0v) is 11.8. The van der Waals surface area contributed by atoms with Crippen molar-refractivity contribution in [1.29, 1.82) is 0 Å². The van der Waals surface area contributed by atoms with Gasteiger partial charge in [0.25, 0.3) is 5.91 Å². The van der Waals surface area contributed by atoms with Gasteiger partial charge in [0.1, 0.15) is 5.75 Å². The van der Waals surface area contributed by atoms with E-state index in [0.29, 0.717) is 5.75 Å². The van der Waals surface area contributed by atoms with Crippen LogP contribution in [0.25, 0.3) is 0 Å². The van der Waals surface area contributed by atoms with E-state index in [4.69, 9.17) is 4.74 Å². The van der Waals surface area contributed by atoms with E-state index in [1.807, 2.05) is 0 Å². The van der Waals surface area contributed by atoms with Crippen LogP contribution in [0.5, 0.6) is 5.75 Å². The van der Waals surface area contributed by atoms with Crippen LogP contribution in [-0.2, 0) is 0 Å². The first-order chi connectivity index (χ1) is 8.83. The minimum Gasteiger partial charge on any atom is -0.496 e. The van der Waals surface area contributed by atoms with E-state index < -0.39 is 18.5 Å². The lowest BCUT2D eigenvalue weighted by molar-refractivity contribution is -0.135. The van der Waals surface area contributed by atoms with Crippen LogP contribution >= 0.6 is 15.9 Å². The quantitative estimate of drug-likeness (QED) is 0.833. The first kappa shape index (κ1) is 15.8. The third-order valence-corrected chi connectivity index (χ3v) is 2.82. The number of carbonyl (C=O) groups excluding carboxylic acids is 1. The van der Waals surface area contributed by atoms with Crippen molar-refractivity contribution in [3.8, 4) is 5.75 Å². The molecule has 0 aliphatic rings. The standard InChI is InChI=1S/C12H13BrF3NO2/c1-19-10-7-8(13)3-4-9(10)11(18)17-6-2-5-12(14,15)16/h3-4,7H,2,5-6H2,1H3,(H,17,18). The van der Waals surface area contributed by atoms with Crippen molar-refractivity contribution >= 4 is 21.8 Å². The molecule has 1 aromatic carbocycles. The molecule has 0 aliphatic heterocycles. The molecule has 0 saturated carbocycles. The van der Waals surface area contributed by atoms with E-state index in [1.165, 1.54) is 7.11 Å². The van der Waals surface area contributed by atoms with E-state index in [2.05, 4.69) is 21.2 Å². The summed E-state index contributed by atoms with van der Waals surface area (Å²) in [5.74, 6) is -0.0887. The van der Waals surface area contributed by atoms with Gasteiger partial charge in [-0.25, -0.2) is 0 Å². The molecule has 0 bridgehead atoms. The highest BCUT2D eigenvalue weighted by atomic mass is 79.9. The number of rotatable bonds is 5. The zero-order valence-electron chi connectivity index (χ0n) is 10.2. The molecular formula is C12H13BrF3NO2. The van der Waals surface area contributed by atoms with Crippen LogP contribution in [0.3, 0.4) is 0 Å². The van der Waals surface area contributed by atoms with Crippen LogP contribution in [-0.4, -0.2) is 25.7 Å². The monoisotopic (exact) mass is 339 g/mol. The first-order valence-electron chi connectivity index (χ1n) is 5.52. The number of amides is 1. The minimum absolute atomic E-state index is 0.0302. The normalized spacial score (nSPS) is 11.2. The highest BCUT2D eigenvalue weighted by molar-refractivity contribution is 9.10. The molecule has 1 aromatic rings. The Morgan fingerprint density at radius 1 is 1.42 bits per heavy atom. The number of hydrogen-bond acceptors (Lipinski definition) is 2. The predicted molar refractivity (Wildman–Crippen MR) is 68.3 cm³/mol. The Bertz CT molecular complexity index is 449. The number of nitrogens with one attached hydrogen (secondary N) is 1. The van der Waals surface area contributed by atoms with Crippen molar-refractivity contribution in [2.45, 2.75) is 19.0 Å². The second kappa shape index (κ2) is 6.79. The summed E-state index contributed by atoms with van der Waals surface area (Å²) >= 11 is 3.24. The van der Waals surface area contributed by atoms with Gasteiger partial charge in [-0.2, -0.15) is 13.2 Å². The Morgan fingerprint density at radius 3 is 2.68 bits per heavy atom. The molecule has 0 spiro atoms. The smallest absolute Gasteiger partial charge is 0.389 e. The lowest BCUT2D eigenvalue weighted by atomic mass is 10.2. The first-order valence-corrected chi connectivity index (χ1v) is 6.31. The SMILES string of the molecule is COc1cc(Br)ccc1C(=O)NCCCC(F)(F)F. The molecule has 0 fully saturated rings. The zero-order chi connectivity index (χ0) is 14.5. The van der Waals surface area contributed by atoms with E-state index in [0.717, 1.165) is 4.47 Å². The molecule has 0 saturated heterocycles. The molecule has 19 heavy (non-hydrogen) atoms. The van der Waals surface area contributed by atoms with Gasteiger partial charge in [0, 0.05) is 17.4 Å². The highest BCUT2D eigenvalue weighted by Gasteiger charge is 2.26. The molecule has 1 amide bonds. The molecule has 7 heteroatoms. The van der Waals surface area contributed by atoms with Gasteiger partial charge >= 0.3 is 6.18 Å². The van der Waals surface area contributed by atoms with Gasteiger partial charge in [0.15, 0.2) is 0 Å². The van der Waals surface area contributed by atoms with E-state index in [-0.39, 0.29) is 18.5 Å². The summed E-state index contributed by atoms with van der Waals surface area (Å²) in [6, 6.07) is 4.82. The fraction of sp³-hybridized carbons (Fsp3) is 0.417. The fourth-order valence-corrected chi connectivity index (χ4v) is 1.78. The Balaban J connectivity index is 2.54. The number of carbonyl (C=O) groups is 1. The van der Waals surface area contributed by atoms with Crippen LogP contribution in [0.15, 0.2) is 22.7 Å². The van der Waals surface area contributed by atoms with Gasteiger partial charge in [-0.15, -0.1) is 0 Å². The van der Waals surface area contributed by atoms with Crippen molar-refractivity contribution in [3.05, 3.63) is 28.2 Å². The van der Waals surface area contributed by atoms with Gasteiger partial charge in [-0.1, -0.05) is 15.9 Å². The van der Waals surface area contributed by atoms with Crippen molar-refractivity contribution in [3.63, 3.8) is 0 Å². The Kier molecular flexibility index (Phi) is 5.65. The summed E-state index contributed by atoms with van der Waals surface area (Å²) in [5, 5.41) is 2.43. The van der Waals surface area contributed by atoms with Gasteiger partial charge in [-0.3, -0.25) is 4.79 Å². The summed E-state index contributed by atoms with van der Waals surface area (Å²) in [6.45, 7) is -0.0302. The summed E-state index contributed by atoms with van der Waals surface area (Å²) in [7, 11) is 1.42. The topological polar surface area (TPSA) is 38.3 Å². The summed E-state index contributed by atoms with van der Waals surface area (Å²) in [6.07, 6.45) is -5.25. The Labute approximate surface area is 117 Å². The number of ether oxygens (including phenoxy) is 1. The van der Waals surface area contributed by atoms with Crippen LogP contribution in [0.2, 0.25) is 0 Å². The minimum atomic E-state index is -4.19. The summed E-state index contributed by atoms with van der Waals surface area (Å²) < 4.78 is 41.6. The predicted octanol–water partition coefficient (Wildman–Crippen LogP) is 3.53. The van der Waals surface area contributed by atoms with Crippen molar-refractivity contribution in [2.24, 2.45) is 0 Å². The molecule has 0 radical (unpaired) electrons. The average Bonchev–Trinajstić information content (AvgIpc) is 2.33. The number of benzene rings is 1. The molecular weight excluding hydrogens is 327 g/mol. The van der Waals surface area contributed by atoms with Gasteiger partial charge in [0.05, 0.1) is 12.7 Å². The maximum Gasteiger partial charge on any atom is 0.389 e. The maximum atomic E-state index is 11.9. The largest absolute Gasteiger partial charge is 0.496 e. The molecule has 1 N–H and O–H groups in total. The molecule has 106 valence electrons. The van der Waals surface area contributed by atoms with Crippen LogP contribution in [0, 0.1) is 0 Å². The second-order valence-electron chi connectivity index (χ2n) is 3.82. The molecule has 0 atom stereocenters. The second-order valence-corrected chi connectivity index (χ2v) is 4.73. The molecule has 1 rings (SSSR count). The van der Waals surface area contributed by atoms with Crippen LogP contribution in [0.4, 0.5) is 13.2 Å².